The van der Waals surface area contributed by atoms with Crippen molar-refractivity contribution in [3.63, 3.8) is 0 Å². The van der Waals surface area contributed by atoms with E-state index < -0.39 is 0 Å². The van der Waals surface area contributed by atoms with Crippen LogP contribution in [0.25, 0.3) is 10.9 Å². The number of nitrogens with zero attached hydrogens (tertiary/aromatic N) is 3. The van der Waals surface area contributed by atoms with Gasteiger partial charge in [0.25, 0.3) is 5.89 Å². The minimum absolute atomic E-state index is 0.225. The van der Waals surface area contributed by atoms with Gasteiger partial charge in [-0.1, -0.05) is 41.5 Å². The Bertz CT molecular complexity index is 1010. The van der Waals surface area contributed by atoms with E-state index in [0.717, 1.165) is 34.2 Å². The van der Waals surface area contributed by atoms with Gasteiger partial charge in [0.2, 0.25) is 0 Å². The van der Waals surface area contributed by atoms with Crippen molar-refractivity contribution in [3.8, 4) is 5.75 Å². The second-order valence-corrected chi connectivity index (χ2v) is 5.97. The van der Waals surface area contributed by atoms with Crippen LogP contribution in [0.5, 0.6) is 5.75 Å². The first-order chi connectivity index (χ1) is 12.4. The SMILES string of the molecule is c1ccc2c(c1)C[C@H](c1nnc(NCc3cccc4cn[nH]c34)o1)O2. The lowest BCUT2D eigenvalue weighted by Crippen LogP contribution is -2.03. The third-order valence-corrected chi connectivity index (χ3v) is 4.36. The van der Waals surface area contributed by atoms with Gasteiger partial charge in [-0.2, -0.15) is 5.10 Å². The first-order valence-electron chi connectivity index (χ1n) is 8.09. The van der Waals surface area contributed by atoms with Crippen LogP contribution in [0.4, 0.5) is 6.01 Å². The molecule has 0 fully saturated rings. The standard InChI is InChI=1S/C18H15N5O2/c1-2-7-14-11(4-1)8-15(24-14)17-22-23-18(25-17)19-9-12-5-3-6-13-10-20-21-16(12)13/h1-7,10,15H,8-9H2,(H,19,23)(H,20,21)/t15-/m1/s1. The van der Waals surface area contributed by atoms with Gasteiger partial charge in [0.1, 0.15) is 5.75 Å². The van der Waals surface area contributed by atoms with Crippen molar-refractivity contribution >= 4 is 16.9 Å². The van der Waals surface area contributed by atoms with E-state index in [0.29, 0.717) is 18.5 Å². The predicted molar refractivity (Wildman–Crippen MR) is 91.2 cm³/mol. The highest BCUT2D eigenvalue weighted by molar-refractivity contribution is 5.81. The molecule has 124 valence electrons. The number of aromatic nitrogens is 4. The zero-order valence-corrected chi connectivity index (χ0v) is 13.3. The molecule has 1 atom stereocenters. The van der Waals surface area contributed by atoms with E-state index >= 15 is 0 Å². The molecule has 0 unspecified atom stereocenters. The number of anilines is 1. The monoisotopic (exact) mass is 333 g/mol. The van der Waals surface area contributed by atoms with Crippen LogP contribution in [0, 0.1) is 0 Å². The van der Waals surface area contributed by atoms with E-state index in [9.17, 15) is 0 Å². The second-order valence-electron chi connectivity index (χ2n) is 5.97. The number of benzene rings is 2. The Morgan fingerprint density at radius 3 is 3.04 bits per heavy atom. The molecule has 1 aliphatic heterocycles. The molecule has 0 bridgehead atoms. The average Bonchev–Trinajstić information content (AvgIpc) is 3.37. The number of para-hydroxylation sites is 2. The summed E-state index contributed by atoms with van der Waals surface area (Å²) < 4.78 is 11.6. The molecular weight excluding hydrogens is 318 g/mol. The van der Waals surface area contributed by atoms with Crippen LogP contribution in [-0.4, -0.2) is 20.4 Å². The lowest BCUT2D eigenvalue weighted by molar-refractivity contribution is 0.199. The molecule has 2 aromatic carbocycles. The fourth-order valence-electron chi connectivity index (χ4n) is 3.10. The van der Waals surface area contributed by atoms with Crippen molar-refractivity contribution in [2.24, 2.45) is 0 Å². The van der Waals surface area contributed by atoms with Gasteiger partial charge in [0.15, 0.2) is 6.10 Å². The smallest absolute Gasteiger partial charge is 0.315 e. The topological polar surface area (TPSA) is 88.9 Å². The summed E-state index contributed by atoms with van der Waals surface area (Å²) in [5.41, 5.74) is 3.25. The summed E-state index contributed by atoms with van der Waals surface area (Å²) in [5.74, 6) is 1.37. The Morgan fingerprint density at radius 2 is 2.08 bits per heavy atom. The van der Waals surface area contributed by atoms with E-state index in [-0.39, 0.29) is 6.10 Å². The number of hydrogen-bond donors (Lipinski definition) is 2. The Kier molecular flexibility index (Phi) is 3.16. The van der Waals surface area contributed by atoms with Crippen LogP contribution < -0.4 is 10.1 Å². The highest BCUT2D eigenvalue weighted by Gasteiger charge is 2.28. The van der Waals surface area contributed by atoms with E-state index in [2.05, 4.69) is 31.8 Å². The minimum Gasteiger partial charge on any atom is -0.480 e. The summed E-state index contributed by atoms with van der Waals surface area (Å²) in [6.07, 6.45) is 2.32. The third-order valence-electron chi connectivity index (χ3n) is 4.36. The van der Waals surface area contributed by atoms with Crippen molar-refractivity contribution in [1.29, 1.82) is 0 Å². The highest BCUT2D eigenvalue weighted by Crippen LogP contribution is 2.36. The van der Waals surface area contributed by atoms with Crippen molar-refractivity contribution in [2.45, 2.75) is 19.1 Å². The van der Waals surface area contributed by atoms with Gasteiger partial charge in [-0.25, -0.2) is 0 Å². The molecule has 0 radical (unpaired) electrons. The molecule has 1 aliphatic rings. The van der Waals surface area contributed by atoms with Crippen LogP contribution in [0.2, 0.25) is 0 Å². The zero-order chi connectivity index (χ0) is 16.6. The number of H-pyrrole nitrogens is 1. The fraction of sp³-hybridized carbons (Fsp3) is 0.167. The van der Waals surface area contributed by atoms with Gasteiger partial charge in [-0.05, 0) is 17.2 Å². The number of nitrogens with one attached hydrogen (secondary N) is 2. The lowest BCUT2D eigenvalue weighted by Gasteiger charge is -2.05. The molecule has 0 saturated heterocycles. The Balaban J connectivity index is 1.30. The molecule has 2 aromatic heterocycles. The van der Waals surface area contributed by atoms with E-state index in [1.54, 1.807) is 6.20 Å². The molecule has 4 aromatic rings. The molecular formula is C18H15N5O2. The maximum Gasteiger partial charge on any atom is 0.315 e. The summed E-state index contributed by atoms with van der Waals surface area (Å²) in [7, 11) is 0. The summed E-state index contributed by atoms with van der Waals surface area (Å²) in [6, 6.07) is 14.4. The fourth-order valence-corrected chi connectivity index (χ4v) is 3.10. The summed E-state index contributed by atoms with van der Waals surface area (Å²) in [6.45, 7) is 0.562. The molecule has 0 spiro atoms. The molecule has 0 saturated carbocycles. The number of hydrogen-bond acceptors (Lipinski definition) is 6. The van der Waals surface area contributed by atoms with Crippen molar-refractivity contribution < 1.29 is 9.15 Å². The number of ether oxygens (including phenoxy) is 1. The van der Waals surface area contributed by atoms with Gasteiger partial charge >= 0.3 is 6.01 Å². The van der Waals surface area contributed by atoms with Crippen LogP contribution in [0.1, 0.15) is 23.1 Å². The summed E-state index contributed by atoms with van der Waals surface area (Å²) >= 11 is 0. The Labute approximate surface area is 143 Å². The van der Waals surface area contributed by atoms with Crippen molar-refractivity contribution in [2.75, 3.05) is 5.32 Å². The van der Waals surface area contributed by atoms with Crippen LogP contribution in [-0.2, 0) is 13.0 Å². The molecule has 2 N–H and O–H groups in total. The Hall–Kier alpha value is -3.35. The van der Waals surface area contributed by atoms with Crippen molar-refractivity contribution in [3.05, 3.63) is 65.7 Å². The van der Waals surface area contributed by atoms with Gasteiger partial charge in [-0.15, -0.1) is 5.10 Å². The van der Waals surface area contributed by atoms with Crippen molar-refractivity contribution in [1.82, 2.24) is 20.4 Å². The maximum atomic E-state index is 5.88. The van der Waals surface area contributed by atoms with Gasteiger partial charge in [0.05, 0.1) is 11.7 Å². The van der Waals surface area contributed by atoms with Crippen LogP contribution in [0.15, 0.2) is 53.1 Å². The Morgan fingerprint density at radius 1 is 1.12 bits per heavy atom. The van der Waals surface area contributed by atoms with Gasteiger partial charge in [0, 0.05) is 18.4 Å². The van der Waals surface area contributed by atoms with Crippen LogP contribution in [0.3, 0.4) is 0 Å². The van der Waals surface area contributed by atoms with E-state index in [1.807, 2.05) is 36.4 Å². The number of rotatable bonds is 4. The summed E-state index contributed by atoms with van der Waals surface area (Å²) in [5, 5.41) is 19.5. The predicted octanol–water partition coefficient (Wildman–Crippen LogP) is 3.23. The molecule has 25 heavy (non-hydrogen) atoms. The number of fused-ring (bicyclic) bond motifs is 2. The van der Waals surface area contributed by atoms with Crippen LogP contribution >= 0.6 is 0 Å². The van der Waals surface area contributed by atoms with Gasteiger partial charge in [-0.3, -0.25) is 5.10 Å². The minimum atomic E-state index is -0.225. The normalized spacial score (nSPS) is 15.9. The molecule has 7 nitrogen and oxygen atoms in total. The average molecular weight is 333 g/mol. The second kappa shape index (κ2) is 5.62. The highest BCUT2D eigenvalue weighted by atomic mass is 16.5. The molecule has 7 heteroatoms. The first kappa shape index (κ1) is 14.0. The number of aromatic amines is 1. The third kappa shape index (κ3) is 2.50. The summed E-state index contributed by atoms with van der Waals surface area (Å²) in [4.78, 5) is 0. The first-order valence-corrected chi connectivity index (χ1v) is 8.09. The van der Waals surface area contributed by atoms with E-state index in [4.69, 9.17) is 9.15 Å². The zero-order valence-electron chi connectivity index (χ0n) is 13.3. The molecule has 5 rings (SSSR count). The molecule has 0 aliphatic carbocycles. The maximum absolute atomic E-state index is 5.88. The lowest BCUT2D eigenvalue weighted by atomic mass is 10.1. The van der Waals surface area contributed by atoms with Gasteiger partial charge < -0.3 is 14.5 Å². The largest absolute Gasteiger partial charge is 0.480 e. The van der Waals surface area contributed by atoms with E-state index in [1.165, 1.54) is 0 Å². The molecule has 3 heterocycles. The molecule has 0 amide bonds. The quantitative estimate of drug-likeness (QED) is 0.596.